The highest BCUT2D eigenvalue weighted by Crippen LogP contribution is 2.49. The Balaban J connectivity index is 1.18. The zero-order valence-electron chi connectivity index (χ0n) is 27.4. The molecular formula is C41H38N2O6S. The number of carbonyl (C=O) groups excluding carboxylic acids is 2. The predicted octanol–water partition coefficient (Wildman–Crippen LogP) is 6.57. The van der Waals surface area contributed by atoms with E-state index in [2.05, 4.69) is 10.6 Å². The van der Waals surface area contributed by atoms with Gasteiger partial charge in [0, 0.05) is 11.7 Å². The molecule has 4 N–H and O–H groups in total. The van der Waals surface area contributed by atoms with Crippen LogP contribution >= 0.6 is 11.8 Å². The van der Waals surface area contributed by atoms with E-state index in [1.807, 2.05) is 140 Å². The Morgan fingerprint density at radius 3 is 1.58 bits per heavy atom. The molecule has 0 fully saturated rings. The third-order valence-corrected chi connectivity index (χ3v) is 10.6. The van der Waals surface area contributed by atoms with Crippen molar-refractivity contribution < 1.29 is 29.3 Å². The van der Waals surface area contributed by atoms with Crippen LogP contribution in [-0.4, -0.2) is 58.7 Å². The molecule has 0 saturated heterocycles. The Morgan fingerprint density at radius 2 is 1.14 bits per heavy atom. The standard InChI is InChI=1S/C41H38N2O6S/c1-27(44)37(43-40(48)49-25-35-33-23-13-11-21-31(33)32-22-12-14-24-34(32)35)38(45)42-36(39(46)47)26-50-41(28-15-5-2-6-16-28,29-17-7-3-8-18-29)30-19-9-4-10-20-30/h2-24,27,35-37,44H,25-26H2,1H3,(H,42,45)(H,43,48)(H,46,47)/t27-,36-,37+/m0/s1. The fraction of sp³-hybridized carbons (Fsp3) is 0.195. The lowest BCUT2D eigenvalue weighted by Gasteiger charge is -2.36. The normalized spacial score (nSPS) is 14.0. The summed E-state index contributed by atoms with van der Waals surface area (Å²) in [6.45, 7) is 1.37. The van der Waals surface area contributed by atoms with Gasteiger partial charge in [-0.3, -0.25) is 4.79 Å². The highest BCUT2D eigenvalue weighted by molar-refractivity contribution is 8.00. The molecule has 0 spiro atoms. The molecule has 9 heteroatoms. The van der Waals surface area contributed by atoms with E-state index < -0.39 is 40.9 Å². The molecule has 0 unspecified atom stereocenters. The summed E-state index contributed by atoms with van der Waals surface area (Å²) in [6, 6.07) is 42.5. The zero-order valence-corrected chi connectivity index (χ0v) is 28.3. The van der Waals surface area contributed by atoms with Gasteiger partial charge in [0.05, 0.1) is 10.9 Å². The van der Waals surface area contributed by atoms with Gasteiger partial charge >= 0.3 is 12.1 Å². The van der Waals surface area contributed by atoms with E-state index >= 15 is 0 Å². The summed E-state index contributed by atoms with van der Waals surface area (Å²) < 4.78 is 4.79. The predicted molar refractivity (Wildman–Crippen MR) is 195 cm³/mol. The minimum atomic E-state index is -1.46. The third kappa shape index (κ3) is 7.15. The van der Waals surface area contributed by atoms with Crippen molar-refractivity contribution in [1.29, 1.82) is 0 Å². The number of carboxylic acid groups (broad SMARTS) is 1. The van der Waals surface area contributed by atoms with Gasteiger partial charge in [-0.15, -0.1) is 11.8 Å². The van der Waals surface area contributed by atoms with Gasteiger partial charge in [-0.05, 0) is 45.9 Å². The van der Waals surface area contributed by atoms with Crippen molar-refractivity contribution >= 4 is 29.7 Å². The summed E-state index contributed by atoms with van der Waals surface area (Å²) in [5.41, 5.74) is 7.04. The van der Waals surface area contributed by atoms with Crippen LogP contribution in [0.2, 0.25) is 0 Å². The van der Waals surface area contributed by atoms with Crippen molar-refractivity contribution in [3.8, 4) is 11.1 Å². The van der Waals surface area contributed by atoms with E-state index in [0.29, 0.717) is 0 Å². The van der Waals surface area contributed by atoms with Crippen LogP contribution in [0.5, 0.6) is 0 Å². The maximum absolute atomic E-state index is 13.5. The summed E-state index contributed by atoms with van der Waals surface area (Å²) in [7, 11) is 0. The van der Waals surface area contributed by atoms with Crippen molar-refractivity contribution in [2.45, 2.75) is 35.8 Å². The first-order valence-electron chi connectivity index (χ1n) is 16.4. The molecule has 50 heavy (non-hydrogen) atoms. The van der Waals surface area contributed by atoms with Crippen molar-refractivity contribution in [2.24, 2.45) is 0 Å². The number of amides is 2. The van der Waals surface area contributed by atoms with Crippen LogP contribution in [0, 0.1) is 0 Å². The number of alkyl carbamates (subject to hydrolysis) is 1. The molecule has 0 heterocycles. The highest BCUT2D eigenvalue weighted by atomic mass is 32.2. The second-order valence-corrected chi connectivity index (χ2v) is 13.4. The van der Waals surface area contributed by atoms with Crippen LogP contribution in [0.1, 0.15) is 40.7 Å². The first-order chi connectivity index (χ1) is 24.3. The average Bonchev–Trinajstić information content (AvgIpc) is 3.47. The lowest BCUT2D eigenvalue weighted by molar-refractivity contribution is -0.141. The third-order valence-electron chi connectivity index (χ3n) is 9.00. The van der Waals surface area contributed by atoms with E-state index in [4.69, 9.17) is 4.74 Å². The molecule has 0 radical (unpaired) electrons. The number of thioether (sulfide) groups is 1. The monoisotopic (exact) mass is 686 g/mol. The summed E-state index contributed by atoms with van der Waals surface area (Å²) in [6.07, 6.45) is -2.24. The van der Waals surface area contributed by atoms with Gasteiger partial charge in [0.1, 0.15) is 18.7 Å². The molecule has 0 saturated carbocycles. The van der Waals surface area contributed by atoms with Crippen molar-refractivity contribution in [3.63, 3.8) is 0 Å². The van der Waals surface area contributed by atoms with E-state index in [-0.39, 0.29) is 18.3 Å². The molecule has 0 bridgehead atoms. The lowest BCUT2D eigenvalue weighted by atomic mass is 9.84. The largest absolute Gasteiger partial charge is 0.480 e. The van der Waals surface area contributed by atoms with Gasteiger partial charge in [0.25, 0.3) is 0 Å². The molecular weight excluding hydrogens is 649 g/mol. The SMILES string of the molecule is C[C@H](O)[C@@H](NC(=O)OCC1c2ccccc2-c2ccccc21)C(=O)N[C@@H](CSC(c1ccccc1)(c1ccccc1)c1ccccc1)C(=O)O. The van der Waals surface area contributed by atoms with Crippen molar-refractivity contribution in [3.05, 3.63) is 167 Å². The Labute approximate surface area is 295 Å². The maximum Gasteiger partial charge on any atom is 0.407 e. The van der Waals surface area contributed by atoms with Crippen LogP contribution < -0.4 is 10.6 Å². The van der Waals surface area contributed by atoms with Gasteiger partial charge in [0.15, 0.2) is 0 Å². The number of carboxylic acids is 1. The Morgan fingerprint density at radius 1 is 0.700 bits per heavy atom. The number of aliphatic hydroxyl groups excluding tert-OH is 1. The number of aliphatic carboxylic acids is 1. The van der Waals surface area contributed by atoms with Crippen LogP contribution in [0.4, 0.5) is 4.79 Å². The van der Waals surface area contributed by atoms with Crippen LogP contribution in [0.25, 0.3) is 11.1 Å². The van der Waals surface area contributed by atoms with E-state index in [1.165, 1.54) is 18.7 Å². The molecule has 254 valence electrons. The lowest BCUT2D eigenvalue weighted by Crippen LogP contribution is -2.56. The van der Waals surface area contributed by atoms with E-state index in [9.17, 15) is 24.6 Å². The minimum Gasteiger partial charge on any atom is -0.480 e. The number of aliphatic hydroxyl groups is 1. The number of ether oxygens (including phenoxy) is 1. The summed E-state index contributed by atoms with van der Waals surface area (Å²) in [4.78, 5) is 39.2. The van der Waals surface area contributed by atoms with Crippen LogP contribution in [-0.2, 0) is 19.1 Å². The molecule has 5 aromatic rings. The number of carbonyl (C=O) groups is 3. The minimum absolute atomic E-state index is 0.0168. The molecule has 1 aliphatic carbocycles. The van der Waals surface area contributed by atoms with Crippen molar-refractivity contribution in [1.82, 2.24) is 10.6 Å². The smallest absolute Gasteiger partial charge is 0.407 e. The fourth-order valence-electron chi connectivity index (χ4n) is 6.59. The zero-order chi connectivity index (χ0) is 35.1. The number of hydrogen-bond acceptors (Lipinski definition) is 6. The van der Waals surface area contributed by atoms with Gasteiger partial charge in [0.2, 0.25) is 5.91 Å². The van der Waals surface area contributed by atoms with Gasteiger partial charge in [-0.25, -0.2) is 9.59 Å². The first kappa shape index (κ1) is 34.5. The number of rotatable bonds is 13. The average molecular weight is 687 g/mol. The second kappa shape index (κ2) is 15.4. The first-order valence-corrected chi connectivity index (χ1v) is 17.4. The Bertz CT molecular complexity index is 1800. The molecule has 0 aliphatic heterocycles. The molecule has 6 rings (SSSR count). The Hall–Kier alpha value is -5.38. The second-order valence-electron chi connectivity index (χ2n) is 12.2. The summed E-state index contributed by atoms with van der Waals surface area (Å²) >= 11 is 1.38. The molecule has 1 aliphatic rings. The van der Waals surface area contributed by atoms with Gasteiger partial charge in [-0.1, -0.05) is 140 Å². The molecule has 5 aromatic carbocycles. The van der Waals surface area contributed by atoms with E-state index in [0.717, 1.165) is 38.9 Å². The molecule has 8 nitrogen and oxygen atoms in total. The number of nitrogens with one attached hydrogen (secondary N) is 2. The van der Waals surface area contributed by atoms with Gasteiger partial charge < -0.3 is 25.6 Å². The number of benzene rings is 5. The quantitative estimate of drug-likeness (QED) is 0.103. The number of fused-ring (bicyclic) bond motifs is 3. The van der Waals surface area contributed by atoms with Gasteiger partial charge in [-0.2, -0.15) is 0 Å². The van der Waals surface area contributed by atoms with E-state index in [1.54, 1.807) is 0 Å². The molecule has 3 atom stereocenters. The topological polar surface area (TPSA) is 125 Å². The van der Waals surface area contributed by atoms with Crippen molar-refractivity contribution in [2.75, 3.05) is 12.4 Å². The highest BCUT2D eigenvalue weighted by Gasteiger charge is 2.39. The fourth-order valence-corrected chi connectivity index (χ4v) is 8.14. The Kier molecular flexibility index (Phi) is 10.7. The van der Waals surface area contributed by atoms with Crippen LogP contribution in [0.3, 0.4) is 0 Å². The molecule has 0 aromatic heterocycles. The van der Waals surface area contributed by atoms with Crippen LogP contribution in [0.15, 0.2) is 140 Å². The molecule has 2 amide bonds. The summed E-state index contributed by atoms with van der Waals surface area (Å²) in [5, 5.41) is 25.9. The summed E-state index contributed by atoms with van der Waals surface area (Å²) in [5.74, 6) is -2.32. The number of hydrogen-bond donors (Lipinski definition) is 4. The maximum atomic E-state index is 13.5.